The van der Waals surface area contributed by atoms with Gasteiger partial charge in [0.15, 0.2) is 0 Å². The Morgan fingerprint density at radius 2 is 2.35 bits per heavy atom. The van der Waals surface area contributed by atoms with Crippen LogP contribution in [0.4, 0.5) is 5.69 Å². The highest BCUT2D eigenvalue weighted by atomic mass is 16.3. The molecule has 0 bridgehead atoms. The lowest BCUT2D eigenvalue weighted by Gasteiger charge is -2.08. The van der Waals surface area contributed by atoms with E-state index in [-0.39, 0.29) is 18.2 Å². The fourth-order valence-corrected chi connectivity index (χ4v) is 1.44. The van der Waals surface area contributed by atoms with Crippen LogP contribution >= 0.6 is 0 Å². The third kappa shape index (κ3) is 2.81. The molecule has 1 aromatic heterocycles. The zero-order chi connectivity index (χ0) is 12.3. The fraction of sp³-hybridized carbons (Fsp3) is 0.182. The van der Waals surface area contributed by atoms with Crippen molar-refractivity contribution in [1.29, 1.82) is 0 Å². The second-order valence-corrected chi connectivity index (χ2v) is 3.65. The van der Waals surface area contributed by atoms with Crippen molar-refractivity contribution in [2.24, 2.45) is 0 Å². The maximum atomic E-state index is 11.7. The van der Waals surface area contributed by atoms with E-state index >= 15 is 0 Å². The van der Waals surface area contributed by atoms with Gasteiger partial charge in [-0.1, -0.05) is 5.21 Å². The van der Waals surface area contributed by atoms with Crippen LogP contribution in [0.1, 0.15) is 5.56 Å². The van der Waals surface area contributed by atoms with E-state index in [1.54, 1.807) is 18.3 Å². The number of hydrogen-bond donors (Lipinski definition) is 2. The number of anilines is 1. The Labute approximate surface area is 97.9 Å². The Bertz CT molecular complexity index is 522. The second-order valence-electron chi connectivity index (χ2n) is 3.65. The van der Waals surface area contributed by atoms with E-state index in [2.05, 4.69) is 15.6 Å². The van der Waals surface area contributed by atoms with E-state index in [0.29, 0.717) is 5.69 Å². The van der Waals surface area contributed by atoms with Gasteiger partial charge in [-0.2, -0.15) is 0 Å². The van der Waals surface area contributed by atoms with Gasteiger partial charge in [-0.05, 0) is 30.7 Å². The summed E-state index contributed by atoms with van der Waals surface area (Å²) in [5.41, 5.74) is 1.48. The Morgan fingerprint density at radius 1 is 1.53 bits per heavy atom. The molecular weight excluding hydrogens is 220 g/mol. The average Bonchev–Trinajstić information content (AvgIpc) is 2.75. The highest BCUT2D eigenvalue weighted by Gasteiger charge is 2.06. The molecule has 0 saturated heterocycles. The van der Waals surface area contributed by atoms with Crippen molar-refractivity contribution in [1.82, 2.24) is 15.0 Å². The molecule has 6 heteroatoms. The summed E-state index contributed by atoms with van der Waals surface area (Å²) in [6.45, 7) is 1.92. The van der Waals surface area contributed by atoms with Crippen molar-refractivity contribution in [2.75, 3.05) is 5.32 Å². The molecule has 0 saturated carbocycles. The molecule has 17 heavy (non-hydrogen) atoms. The Morgan fingerprint density at radius 3 is 3.00 bits per heavy atom. The minimum Gasteiger partial charge on any atom is -0.508 e. The van der Waals surface area contributed by atoms with Crippen molar-refractivity contribution in [2.45, 2.75) is 13.5 Å². The molecule has 2 rings (SSSR count). The number of hydrogen-bond acceptors (Lipinski definition) is 4. The van der Waals surface area contributed by atoms with Gasteiger partial charge in [-0.25, -0.2) is 4.68 Å². The van der Waals surface area contributed by atoms with Crippen LogP contribution in [0.25, 0.3) is 0 Å². The summed E-state index contributed by atoms with van der Waals surface area (Å²) in [7, 11) is 0. The molecule has 1 amide bonds. The molecule has 88 valence electrons. The number of amides is 1. The average molecular weight is 232 g/mol. The molecule has 1 heterocycles. The van der Waals surface area contributed by atoms with Crippen molar-refractivity contribution in [3.05, 3.63) is 36.2 Å². The van der Waals surface area contributed by atoms with E-state index in [4.69, 9.17) is 0 Å². The van der Waals surface area contributed by atoms with E-state index < -0.39 is 0 Å². The summed E-state index contributed by atoms with van der Waals surface area (Å²) in [6, 6.07) is 4.77. The van der Waals surface area contributed by atoms with Gasteiger partial charge in [0.1, 0.15) is 12.3 Å². The summed E-state index contributed by atoms with van der Waals surface area (Å²) in [5, 5.41) is 19.3. The van der Waals surface area contributed by atoms with Gasteiger partial charge < -0.3 is 10.4 Å². The maximum absolute atomic E-state index is 11.7. The molecule has 2 N–H and O–H groups in total. The molecule has 0 unspecified atom stereocenters. The normalized spacial score (nSPS) is 10.2. The van der Waals surface area contributed by atoms with Gasteiger partial charge in [0, 0.05) is 11.9 Å². The van der Waals surface area contributed by atoms with Gasteiger partial charge in [-0.15, -0.1) is 5.10 Å². The van der Waals surface area contributed by atoms with Crippen molar-refractivity contribution in [3.63, 3.8) is 0 Å². The van der Waals surface area contributed by atoms with Gasteiger partial charge in [0.2, 0.25) is 5.91 Å². The first-order chi connectivity index (χ1) is 8.15. The summed E-state index contributed by atoms with van der Waals surface area (Å²) in [6.07, 6.45) is 3.13. The quantitative estimate of drug-likeness (QED) is 0.771. The first kappa shape index (κ1) is 11.1. The maximum Gasteiger partial charge on any atom is 0.246 e. The van der Waals surface area contributed by atoms with Crippen LogP contribution in [-0.2, 0) is 11.3 Å². The molecule has 0 aliphatic heterocycles. The number of phenols is 1. The molecule has 0 fully saturated rings. The smallest absolute Gasteiger partial charge is 0.246 e. The van der Waals surface area contributed by atoms with Gasteiger partial charge in [0.25, 0.3) is 0 Å². The largest absolute Gasteiger partial charge is 0.508 e. The summed E-state index contributed by atoms with van der Waals surface area (Å²) >= 11 is 0. The molecule has 0 spiro atoms. The number of carbonyl (C=O) groups excluding carboxylic acids is 1. The van der Waals surface area contributed by atoms with E-state index in [9.17, 15) is 9.90 Å². The molecule has 0 atom stereocenters. The van der Waals surface area contributed by atoms with E-state index in [0.717, 1.165) is 5.56 Å². The van der Waals surface area contributed by atoms with E-state index in [1.807, 2.05) is 6.92 Å². The Balaban J connectivity index is 2.03. The molecule has 2 aromatic rings. The third-order valence-electron chi connectivity index (χ3n) is 2.26. The highest BCUT2D eigenvalue weighted by molar-refractivity contribution is 5.91. The van der Waals surface area contributed by atoms with Crippen LogP contribution in [-0.4, -0.2) is 26.0 Å². The van der Waals surface area contributed by atoms with Crippen LogP contribution in [0, 0.1) is 6.92 Å². The number of aromatic hydroxyl groups is 1. The summed E-state index contributed by atoms with van der Waals surface area (Å²) < 4.78 is 1.44. The predicted octanol–water partition coefficient (Wildman–Crippen LogP) is 0.931. The standard InChI is InChI=1S/C11H12N4O2/c1-8-6-9(16)2-3-10(8)13-11(17)7-15-5-4-12-14-15/h2-6,16H,7H2,1H3,(H,13,17). The van der Waals surface area contributed by atoms with Crippen molar-refractivity contribution < 1.29 is 9.90 Å². The summed E-state index contributed by atoms with van der Waals surface area (Å²) in [4.78, 5) is 11.7. The number of carbonyl (C=O) groups is 1. The summed E-state index contributed by atoms with van der Waals surface area (Å²) in [5.74, 6) is -0.0129. The SMILES string of the molecule is Cc1cc(O)ccc1NC(=O)Cn1ccnn1. The first-order valence-electron chi connectivity index (χ1n) is 5.09. The molecule has 1 aromatic carbocycles. The number of rotatable bonds is 3. The lowest BCUT2D eigenvalue weighted by atomic mass is 10.2. The monoisotopic (exact) mass is 232 g/mol. The van der Waals surface area contributed by atoms with Gasteiger partial charge in [0.05, 0.1) is 6.20 Å². The van der Waals surface area contributed by atoms with Crippen LogP contribution in [0.5, 0.6) is 5.75 Å². The molecular formula is C11H12N4O2. The molecule has 6 nitrogen and oxygen atoms in total. The zero-order valence-electron chi connectivity index (χ0n) is 9.29. The molecule has 0 aliphatic rings. The lowest BCUT2D eigenvalue weighted by Crippen LogP contribution is -2.19. The number of aryl methyl sites for hydroxylation is 1. The number of nitrogens with one attached hydrogen (secondary N) is 1. The fourth-order valence-electron chi connectivity index (χ4n) is 1.44. The first-order valence-corrected chi connectivity index (χ1v) is 5.09. The van der Waals surface area contributed by atoms with E-state index in [1.165, 1.54) is 16.9 Å². The zero-order valence-corrected chi connectivity index (χ0v) is 9.29. The van der Waals surface area contributed by atoms with Gasteiger partial charge >= 0.3 is 0 Å². The van der Waals surface area contributed by atoms with Crippen LogP contribution in [0.15, 0.2) is 30.6 Å². The molecule has 0 aliphatic carbocycles. The second kappa shape index (κ2) is 4.65. The minimum atomic E-state index is -0.190. The lowest BCUT2D eigenvalue weighted by molar-refractivity contribution is -0.116. The van der Waals surface area contributed by atoms with Crippen LogP contribution in [0.2, 0.25) is 0 Å². The third-order valence-corrected chi connectivity index (χ3v) is 2.26. The predicted molar refractivity (Wildman–Crippen MR) is 61.5 cm³/mol. The highest BCUT2D eigenvalue weighted by Crippen LogP contribution is 2.19. The van der Waals surface area contributed by atoms with Crippen LogP contribution in [0.3, 0.4) is 0 Å². The van der Waals surface area contributed by atoms with Crippen molar-refractivity contribution in [3.8, 4) is 5.75 Å². The Kier molecular flexibility index (Phi) is 3.04. The number of nitrogens with zero attached hydrogens (tertiary/aromatic N) is 3. The topological polar surface area (TPSA) is 80.0 Å². The minimum absolute atomic E-state index is 0.111. The number of phenolic OH excluding ortho intramolecular Hbond substituents is 1. The molecule has 0 radical (unpaired) electrons. The number of benzene rings is 1. The Hall–Kier alpha value is -2.37. The van der Waals surface area contributed by atoms with Crippen molar-refractivity contribution >= 4 is 11.6 Å². The number of aromatic nitrogens is 3. The van der Waals surface area contributed by atoms with Crippen LogP contribution < -0.4 is 5.32 Å². The van der Waals surface area contributed by atoms with Gasteiger partial charge in [-0.3, -0.25) is 4.79 Å².